The molecule has 0 unspecified atom stereocenters. The van der Waals surface area contributed by atoms with Crippen LogP contribution in [0.25, 0.3) is 0 Å². The average molecular weight is 281 g/mol. The zero-order chi connectivity index (χ0) is 13.8. The Labute approximate surface area is 104 Å². The van der Waals surface area contributed by atoms with Gasteiger partial charge in [-0.05, 0) is 30.4 Å². The maximum absolute atomic E-state index is 13.2. The first-order chi connectivity index (χ1) is 8.28. The standard InChI is InChI=1S/C9H7F4N3OS/c10-7-2-1-6(17-9(11,12)13)3-5(7)4-15-16-8(14)18/h1-4H,(H3,14,16,18). The minimum absolute atomic E-state index is 0.158. The van der Waals surface area contributed by atoms with Crippen LogP contribution in [-0.2, 0) is 0 Å². The SMILES string of the molecule is NC(=S)NN=Cc1cc(OC(F)(F)F)ccc1F. The van der Waals surface area contributed by atoms with Crippen molar-refractivity contribution < 1.29 is 22.3 Å². The van der Waals surface area contributed by atoms with Crippen molar-refractivity contribution >= 4 is 23.5 Å². The molecule has 0 spiro atoms. The van der Waals surface area contributed by atoms with Gasteiger partial charge in [0.1, 0.15) is 11.6 Å². The summed E-state index contributed by atoms with van der Waals surface area (Å²) in [6.07, 6.45) is -3.92. The van der Waals surface area contributed by atoms with E-state index in [-0.39, 0.29) is 10.7 Å². The van der Waals surface area contributed by atoms with Gasteiger partial charge in [0.15, 0.2) is 5.11 Å². The number of nitrogens with two attached hydrogens (primary N) is 1. The summed E-state index contributed by atoms with van der Waals surface area (Å²) in [5, 5.41) is 3.26. The molecule has 1 aromatic carbocycles. The largest absolute Gasteiger partial charge is 0.573 e. The van der Waals surface area contributed by atoms with Gasteiger partial charge in [-0.25, -0.2) is 4.39 Å². The number of nitrogens with one attached hydrogen (secondary N) is 1. The molecule has 0 aliphatic carbocycles. The zero-order valence-corrected chi connectivity index (χ0v) is 9.48. The smallest absolute Gasteiger partial charge is 0.406 e. The summed E-state index contributed by atoms with van der Waals surface area (Å²) in [5.74, 6) is -1.32. The molecule has 0 aliphatic heterocycles. The Kier molecular flexibility index (Phi) is 4.43. The third-order valence-corrected chi connectivity index (χ3v) is 1.67. The van der Waals surface area contributed by atoms with E-state index in [0.29, 0.717) is 0 Å². The van der Waals surface area contributed by atoms with E-state index < -0.39 is 17.9 Å². The van der Waals surface area contributed by atoms with Crippen LogP contribution in [0.4, 0.5) is 17.6 Å². The molecule has 0 aliphatic rings. The average Bonchev–Trinajstić information content (AvgIpc) is 2.20. The third-order valence-electron chi connectivity index (χ3n) is 1.58. The lowest BCUT2D eigenvalue weighted by Crippen LogP contribution is -2.24. The molecule has 1 rings (SSSR count). The molecule has 3 N–H and O–H groups in total. The number of rotatable bonds is 3. The molecule has 0 bridgehead atoms. The number of benzene rings is 1. The quantitative estimate of drug-likeness (QED) is 0.384. The molecule has 0 radical (unpaired) electrons. The van der Waals surface area contributed by atoms with Crippen molar-refractivity contribution in [3.05, 3.63) is 29.6 Å². The van der Waals surface area contributed by atoms with Crippen molar-refractivity contribution in [2.24, 2.45) is 10.8 Å². The molecule has 0 heterocycles. The van der Waals surface area contributed by atoms with Gasteiger partial charge in [-0.2, -0.15) is 5.10 Å². The van der Waals surface area contributed by atoms with Crippen molar-refractivity contribution in [1.82, 2.24) is 5.43 Å². The van der Waals surface area contributed by atoms with E-state index in [1.54, 1.807) is 0 Å². The summed E-state index contributed by atoms with van der Waals surface area (Å²) in [6.45, 7) is 0. The van der Waals surface area contributed by atoms with Gasteiger partial charge in [0.25, 0.3) is 0 Å². The summed E-state index contributed by atoms with van der Waals surface area (Å²) in [4.78, 5) is 0. The minimum atomic E-state index is -4.84. The Morgan fingerprint density at radius 1 is 1.44 bits per heavy atom. The lowest BCUT2D eigenvalue weighted by molar-refractivity contribution is -0.274. The third kappa shape index (κ3) is 4.95. The van der Waals surface area contributed by atoms with E-state index in [1.165, 1.54) is 0 Å². The number of hydrazone groups is 1. The van der Waals surface area contributed by atoms with Crippen molar-refractivity contribution in [3.8, 4) is 5.75 Å². The first-order valence-electron chi connectivity index (χ1n) is 4.42. The van der Waals surface area contributed by atoms with Crippen LogP contribution < -0.4 is 15.9 Å². The highest BCUT2D eigenvalue weighted by atomic mass is 32.1. The lowest BCUT2D eigenvalue weighted by atomic mass is 10.2. The van der Waals surface area contributed by atoms with Gasteiger partial charge < -0.3 is 10.5 Å². The van der Waals surface area contributed by atoms with Crippen LogP contribution in [0.5, 0.6) is 5.75 Å². The second-order valence-electron chi connectivity index (χ2n) is 2.97. The predicted octanol–water partition coefficient (Wildman–Crippen LogP) is 1.89. The zero-order valence-electron chi connectivity index (χ0n) is 8.66. The maximum Gasteiger partial charge on any atom is 0.573 e. The lowest BCUT2D eigenvalue weighted by Gasteiger charge is -2.09. The number of halogens is 4. The van der Waals surface area contributed by atoms with Crippen LogP contribution in [0.1, 0.15) is 5.56 Å². The summed E-state index contributed by atoms with van der Waals surface area (Å²) >= 11 is 4.43. The van der Waals surface area contributed by atoms with Gasteiger partial charge in [0.2, 0.25) is 0 Å². The van der Waals surface area contributed by atoms with Crippen LogP contribution >= 0.6 is 12.2 Å². The molecule has 0 amide bonds. The van der Waals surface area contributed by atoms with Gasteiger partial charge in [0, 0.05) is 5.56 Å². The Morgan fingerprint density at radius 3 is 2.67 bits per heavy atom. The Morgan fingerprint density at radius 2 is 2.11 bits per heavy atom. The first-order valence-corrected chi connectivity index (χ1v) is 4.82. The molecule has 0 atom stereocenters. The molecule has 4 nitrogen and oxygen atoms in total. The molecule has 0 fully saturated rings. The van der Waals surface area contributed by atoms with Crippen molar-refractivity contribution in [2.45, 2.75) is 6.36 Å². The van der Waals surface area contributed by atoms with E-state index in [1.807, 2.05) is 0 Å². The molecule has 0 saturated carbocycles. The van der Waals surface area contributed by atoms with Crippen LogP contribution in [0.3, 0.4) is 0 Å². The molecule has 0 aromatic heterocycles. The highest BCUT2D eigenvalue weighted by molar-refractivity contribution is 7.80. The highest BCUT2D eigenvalue weighted by Crippen LogP contribution is 2.24. The summed E-state index contributed by atoms with van der Waals surface area (Å²) in [5.41, 5.74) is 6.98. The normalized spacial score (nSPS) is 11.6. The number of hydrogen-bond donors (Lipinski definition) is 2. The monoisotopic (exact) mass is 281 g/mol. The fraction of sp³-hybridized carbons (Fsp3) is 0.111. The van der Waals surface area contributed by atoms with Crippen LogP contribution in [-0.4, -0.2) is 17.7 Å². The number of alkyl halides is 3. The van der Waals surface area contributed by atoms with Crippen LogP contribution in [0, 0.1) is 5.82 Å². The maximum atomic E-state index is 13.2. The summed E-state index contributed by atoms with van der Waals surface area (Å²) in [7, 11) is 0. The van der Waals surface area contributed by atoms with Gasteiger partial charge in [-0.3, -0.25) is 5.43 Å². The van der Waals surface area contributed by atoms with Crippen LogP contribution in [0.15, 0.2) is 23.3 Å². The van der Waals surface area contributed by atoms with Crippen molar-refractivity contribution in [2.75, 3.05) is 0 Å². The van der Waals surface area contributed by atoms with Gasteiger partial charge in [-0.15, -0.1) is 13.2 Å². The number of ether oxygens (including phenoxy) is 1. The Bertz CT molecular complexity index is 475. The van der Waals surface area contributed by atoms with Gasteiger partial charge >= 0.3 is 6.36 Å². The Hall–Kier alpha value is -1.90. The Balaban J connectivity index is 2.88. The van der Waals surface area contributed by atoms with Gasteiger partial charge in [0.05, 0.1) is 6.21 Å². The molecule has 9 heteroatoms. The molecule has 98 valence electrons. The molecular formula is C9H7F4N3OS. The number of nitrogens with zero attached hydrogens (tertiary/aromatic N) is 1. The predicted molar refractivity (Wildman–Crippen MR) is 60.6 cm³/mol. The topological polar surface area (TPSA) is 59.6 Å². The highest BCUT2D eigenvalue weighted by Gasteiger charge is 2.31. The van der Waals surface area contributed by atoms with E-state index in [4.69, 9.17) is 5.73 Å². The van der Waals surface area contributed by atoms with Gasteiger partial charge in [-0.1, -0.05) is 0 Å². The second kappa shape index (κ2) is 5.63. The van der Waals surface area contributed by atoms with Crippen molar-refractivity contribution in [1.29, 1.82) is 0 Å². The molecule has 1 aromatic rings. The van der Waals surface area contributed by atoms with Crippen LogP contribution in [0.2, 0.25) is 0 Å². The number of thiocarbonyl (C=S) groups is 1. The van der Waals surface area contributed by atoms with E-state index in [9.17, 15) is 17.6 Å². The second-order valence-corrected chi connectivity index (χ2v) is 3.41. The molecule has 18 heavy (non-hydrogen) atoms. The molecule has 0 saturated heterocycles. The fourth-order valence-electron chi connectivity index (χ4n) is 0.983. The molecular weight excluding hydrogens is 274 g/mol. The van der Waals surface area contributed by atoms with E-state index >= 15 is 0 Å². The summed E-state index contributed by atoms with van der Waals surface area (Å²) in [6, 6.07) is 2.51. The van der Waals surface area contributed by atoms with E-state index in [0.717, 1.165) is 24.4 Å². The summed E-state index contributed by atoms with van der Waals surface area (Å²) < 4.78 is 52.6. The first kappa shape index (κ1) is 14.2. The minimum Gasteiger partial charge on any atom is -0.406 e. The fourth-order valence-corrected chi connectivity index (χ4v) is 1.04. The van der Waals surface area contributed by atoms with Crippen molar-refractivity contribution in [3.63, 3.8) is 0 Å². The number of hydrogen-bond acceptors (Lipinski definition) is 3. The van der Waals surface area contributed by atoms with E-state index in [2.05, 4.69) is 27.5 Å².